The van der Waals surface area contributed by atoms with E-state index in [-0.39, 0.29) is 17.6 Å². The molecule has 1 heterocycles. The highest BCUT2D eigenvalue weighted by Crippen LogP contribution is 2.45. The number of carbonyl (C=O) groups is 1. The van der Waals surface area contributed by atoms with E-state index < -0.39 is 0 Å². The molecule has 1 aliphatic carbocycles. The Morgan fingerprint density at radius 2 is 1.87 bits per heavy atom. The number of halogens is 1. The van der Waals surface area contributed by atoms with Crippen LogP contribution in [0.25, 0.3) is 0 Å². The van der Waals surface area contributed by atoms with Crippen molar-refractivity contribution in [3.8, 4) is 11.8 Å². The summed E-state index contributed by atoms with van der Waals surface area (Å²) in [5.74, 6) is 0.965. The van der Waals surface area contributed by atoms with E-state index >= 15 is 0 Å². The lowest BCUT2D eigenvalue weighted by Crippen LogP contribution is -2.37. The van der Waals surface area contributed by atoms with Crippen LogP contribution in [0.5, 0.6) is 5.75 Å². The molecular formula is C24H21ClN2O2S. The Bertz CT molecular complexity index is 1050. The van der Waals surface area contributed by atoms with E-state index in [4.69, 9.17) is 21.3 Å². The summed E-state index contributed by atoms with van der Waals surface area (Å²) in [4.78, 5) is 17.7. The van der Waals surface area contributed by atoms with E-state index in [1.54, 1.807) is 18.9 Å². The third-order valence-corrected chi connectivity index (χ3v) is 6.88. The average Bonchev–Trinajstić information content (AvgIpc) is 2.78. The van der Waals surface area contributed by atoms with Crippen molar-refractivity contribution in [3.63, 3.8) is 0 Å². The number of nitrogens with zero attached hydrogens (tertiary/aromatic N) is 2. The maximum atomic E-state index is 12.9. The molecule has 2 aliphatic rings. The number of aliphatic imine (C=N–C) groups is 1. The van der Waals surface area contributed by atoms with Crippen LogP contribution in [-0.4, -0.2) is 18.6 Å². The van der Waals surface area contributed by atoms with Crippen molar-refractivity contribution < 1.29 is 9.53 Å². The van der Waals surface area contributed by atoms with Gasteiger partial charge >= 0.3 is 0 Å². The minimum Gasteiger partial charge on any atom is -0.497 e. The van der Waals surface area contributed by atoms with Crippen LogP contribution in [0, 0.1) is 17.2 Å². The van der Waals surface area contributed by atoms with Crippen molar-refractivity contribution in [2.24, 2.45) is 10.9 Å². The van der Waals surface area contributed by atoms with Gasteiger partial charge in [-0.1, -0.05) is 35.9 Å². The van der Waals surface area contributed by atoms with Gasteiger partial charge in [-0.05, 0) is 48.2 Å². The van der Waals surface area contributed by atoms with E-state index in [0.29, 0.717) is 27.8 Å². The number of ketones is 1. The summed E-state index contributed by atoms with van der Waals surface area (Å²) < 4.78 is 5.27. The lowest BCUT2D eigenvalue weighted by molar-refractivity contribution is -0.121. The van der Waals surface area contributed by atoms with Crippen molar-refractivity contribution in [3.05, 3.63) is 75.3 Å². The molecule has 2 unspecified atom stereocenters. The van der Waals surface area contributed by atoms with Crippen LogP contribution in [0.4, 0.5) is 0 Å². The number of benzene rings is 2. The highest BCUT2D eigenvalue weighted by atomic mass is 35.5. The quantitative estimate of drug-likeness (QED) is 0.583. The SMILES string of the molecule is COc1ccc(C2C(C#N)=C(SCc3ccc(Cl)cc3)N=C3CCCC(=O)C32)cc1. The molecule has 2 atom stereocenters. The lowest BCUT2D eigenvalue weighted by Gasteiger charge is -2.34. The number of ether oxygens (including phenoxy) is 1. The number of thioether (sulfide) groups is 1. The number of allylic oxidation sites excluding steroid dienone is 1. The molecule has 0 N–H and O–H groups in total. The summed E-state index contributed by atoms with van der Waals surface area (Å²) in [5.41, 5.74) is 3.54. The fourth-order valence-electron chi connectivity index (χ4n) is 4.06. The topological polar surface area (TPSA) is 62.4 Å². The first-order valence-corrected chi connectivity index (χ1v) is 11.2. The highest BCUT2D eigenvalue weighted by molar-refractivity contribution is 8.02. The van der Waals surface area contributed by atoms with E-state index in [0.717, 1.165) is 35.4 Å². The van der Waals surface area contributed by atoms with Gasteiger partial charge in [-0.3, -0.25) is 4.79 Å². The summed E-state index contributed by atoms with van der Waals surface area (Å²) in [6, 6.07) is 17.7. The van der Waals surface area contributed by atoms with Crippen LogP contribution in [-0.2, 0) is 10.5 Å². The number of Topliss-reactive ketones (excluding diaryl/α,β-unsaturated/α-hetero) is 1. The molecule has 2 aromatic rings. The summed E-state index contributed by atoms with van der Waals surface area (Å²) in [5, 5.41) is 11.5. The third-order valence-electron chi connectivity index (χ3n) is 5.57. The van der Waals surface area contributed by atoms with Crippen molar-refractivity contribution in [1.29, 1.82) is 5.26 Å². The van der Waals surface area contributed by atoms with Gasteiger partial charge in [0.1, 0.15) is 16.6 Å². The zero-order valence-corrected chi connectivity index (χ0v) is 18.2. The molecule has 1 aliphatic heterocycles. The first kappa shape index (κ1) is 20.7. The van der Waals surface area contributed by atoms with Crippen LogP contribution in [0.15, 0.2) is 64.1 Å². The van der Waals surface area contributed by atoms with E-state index in [9.17, 15) is 10.1 Å². The van der Waals surface area contributed by atoms with Crippen molar-refractivity contribution in [2.45, 2.75) is 30.9 Å². The third kappa shape index (κ3) is 4.16. The molecule has 152 valence electrons. The Balaban J connectivity index is 1.72. The van der Waals surface area contributed by atoms with E-state index in [1.165, 1.54) is 0 Å². The van der Waals surface area contributed by atoms with Crippen LogP contribution >= 0.6 is 23.4 Å². The van der Waals surface area contributed by atoms with Crippen LogP contribution in [0.1, 0.15) is 36.3 Å². The summed E-state index contributed by atoms with van der Waals surface area (Å²) in [6.07, 6.45) is 2.16. The van der Waals surface area contributed by atoms with Crippen LogP contribution in [0.3, 0.4) is 0 Å². The molecule has 0 bridgehead atoms. The number of hydrogen-bond donors (Lipinski definition) is 0. The number of fused-ring (bicyclic) bond motifs is 1. The summed E-state index contributed by atoms with van der Waals surface area (Å²) in [6.45, 7) is 0. The molecule has 0 saturated heterocycles. The highest BCUT2D eigenvalue weighted by Gasteiger charge is 2.42. The average molecular weight is 437 g/mol. The Labute approximate surface area is 185 Å². The minimum atomic E-state index is -0.346. The second kappa shape index (κ2) is 9.07. The predicted octanol–water partition coefficient (Wildman–Crippen LogP) is 5.92. The lowest BCUT2D eigenvalue weighted by atomic mass is 9.70. The van der Waals surface area contributed by atoms with Crippen LogP contribution < -0.4 is 4.74 Å². The predicted molar refractivity (Wildman–Crippen MR) is 121 cm³/mol. The smallest absolute Gasteiger partial charge is 0.142 e. The molecule has 0 spiro atoms. The number of carbonyl (C=O) groups excluding carboxylic acids is 1. The zero-order valence-electron chi connectivity index (χ0n) is 16.6. The molecule has 4 rings (SSSR count). The Morgan fingerprint density at radius 1 is 1.13 bits per heavy atom. The largest absolute Gasteiger partial charge is 0.497 e. The number of methoxy groups -OCH3 is 1. The number of hydrogen-bond acceptors (Lipinski definition) is 5. The van der Waals surface area contributed by atoms with Crippen molar-refractivity contribution in [1.82, 2.24) is 0 Å². The van der Waals surface area contributed by atoms with E-state index in [2.05, 4.69) is 6.07 Å². The molecule has 1 fully saturated rings. The van der Waals surface area contributed by atoms with E-state index in [1.807, 2.05) is 48.5 Å². The van der Waals surface area contributed by atoms with Gasteiger partial charge in [0, 0.05) is 28.8 Å². The Hall–Kier alpha value is -2.55. The maximum Gasteiger partial charge on any atom is 0.142 e. The first-order chi connectivity index (χ1) is 14.6. The monoisotopic (exact) mass is 436 g/mol. The first-order valence-electron chi connectivity index (χ1n) is 9.86. The molecule has 1 saturated carbocycles. The normalized spacial score (nSPS) is 21.0. The molecular weight excluding hydrogens is 416 g/mol. The van der Waals surface area contributed by atoms with Gasteiger partial charge in [0.2, 0.25) is 0 Å². The van der Waals surface area contributed by atoms with Gasteiger partial charge < -0.3 is 4.74 Å². The molecule has 0 radical (unpaired) electrons. The summed E-state index contributed by atoms with van der Waals surface area (Å²) in [7, 11) is 1.62. The molecule has 4 nitrogen and oxygen atoms in total. The fraction of sp³-hybridized carbons (Fsp3) is 0.292. The van der Waals surface area contributed by atoms with Gasteiger partial charge in [-0.2, -0.15) is 5.26 Å². The maximum absolute atomic E-state index is 12.9. The Morgan fingerprint density at radius 3 is 2.53 bits per heavy atom. The van der Waals surface area contributed by atoms with Crippen LogP contribution in [0.2, 0.25) is 5.02 Å². The molecule has 6 heteroatoms. The number of nitriles is 1. The molecule has 0 amide bonds. The second-order valence-electron chi connectivity index (χ2n) is 7.40. The fourth-order valence-corrected chi connectivity index (χ4v) is 5.20. The zero-order chi connectivity index (χ0) is 21.1. The standard InChI is InChI=1S/C24H21ClN2O2S/c1-29-18-11-7-16(8-12-18)22-19(13-26)24(27-20-3-2-4-21(28)23(20)22)30-14-15-5-9-17(25)10-6-15/h5-12,22-23H,2-4,14H2,1H3. The Kier molecular flexibility index (Phi) is 6.26. The molecule has 30 heavy (non-hydrogen) atoms. The van der Waals surface area contributed by atoms with Gasteiger partial charge in [0.05, 0.1) is 24.7 Å². The van der Waals surface area contributed by atoms with Crippen molar-refractivity contribution in [2.75, 3.05) is 7.11 Å². The minimum absolute atomic E-state index is 0.176. The summed E-state index contributed by atoms with van der Waals surface area (Å²) >= 11 is 7.53. The van der Waals surface area contributed by atoms with Gasteiger partial charge in [-0.25, -0.2) is 4.99 Å². The number of rotatable bonds is 5. The van der Waals surface area contributed by atoms with Gasteiger partial charge in [0.25, 0.3) is 0 Å². The van der Waals surface area contributed by atoms with Gasteiger partial charge in [-0.15, -0.1) is 11.8 Å². The van der Waals surface area contributed by atoms with Gasteiger partial charge in [0.15, 0.2) is 0 Å². The second-order valence-corrected chi connectivity index (χ2v) is 8.80. The molecule has 0 aromatic heterocycles. The van der Waals surface area contributed by atoms with Crippen molar-refractivity contribution >= 4 is 34.9 Å². The molecule has 2 aromatic carbocycles.